The molecule has 0 aliphatic heterocycles. The number of aromatic nitrogens is 3. The summed E-state index contributed by atoms with van der Waals surface area (Å²) in [4.78, 5) is 27.1. The molecule has 3 N–H and O–H groups in total. The summed E-state index contributed by atoms with van der Waals surface area (Å²) in [6.07, 6.45) is -0.247. The molecule has 0 saturated heterocycles. The number of halogens is 3. The molecule has 2 aromatic rings. The summed E-state index contributed by atoms with van der Waals surface area (Å²) in [6, 6.07) is 2.88. The first kappa shape index (κ1) is 17.6. The zero-order chi connectivity index (χ0) is 24.6. The Bertz CT molecular complexity index is 1200. The monoisotopic (exact) mass is 447 g/mol. The zero-order valence-electron chi connectivity index (χ0n) is 17.8. The Morgan fingerprint density at radius 2 is 2.07 bits per heavy atom. The number of rotatable bonds is 7. The van der Waals surface area contributed by atoms with E-state index in [-0.39, 0.29) is 12.2 Å². The van der Waals surface area contributed by atoms with Crippen molar-refractivity contribution in [2.45, 2.75) is 23.2 Å². The van der Waals surface area contributed by atoms with Crippen molar-refractivity contribution in [3.8, 4) is 0 Å². The van der Waals surface area contributed by atoms with E-state index in [0.717, 1.165) is 24.4 Å². The highest BCUT2D eigenvalue weighted by Crippen LogP contribution is 2.35. The molecule has 1 saturated carbocycles. The van der Waals surface area contributed by atoms with Crippen molar-refractivity contribution in [1.82, 2.24) is 20.5 Å². The summed E-state index contributed by atoms with van der Waals surface area (Å²) in [5.41, 5.74) is -1.09. The van der Waals surface area contributed by atoms with Crippen LogP contribution in [0.15, 0.2) is 29.3 Å². The van der Waals surface area contributed by atoms with E-state index in [1.165, 1.54) is 0 Å². The van der Waals surface area contributed by atoms with Crippen LogP contribution in [-0.2, 0) is 14.6 Å². The lowest BCUT2D eigenvalue weighted by molar-refractivity contribution is -0.117. The van der Waals surface area contributed by atoms with Gasteiger partial charge in [-0.25, -0.2) is 17.8 Å². The van der Waals surface area contributed by atoms with Crippen LogP contribution in [0.3, 0.4) is 0 Å². The van der Waals surface area contributed by atoms with E-state index in [2.05, 4.69) is 25.8 Å². The SMILES string of the molecule is [2H]C([2H])([2H])NC(=O)c1nnc(NC(=O)[C@H]2C[C@@H]2F)cc1Nc1ncccc1S(=O)(=O)C(F)F. The van der Waals surface area contributed by atoms with Gasteiger partial charge in [0.05, 0.1) is 11.6 Å². The fourth-order valence-electron chi connectivity index (χ4n) is 2.37. The minimum Gasteiger partial charge on any atom is -0.354 e. The molecule has 14 heteroatoms. The molecule has 0 spiro atoms. The number of hydrogen-bond acceptors (Lipinski definition) is 8. The summed E-state index contributed by atoms with van der Waals surface area (Å²) in [5.74, 6) is -7.62. The van der Waals surface area contributed by atoms with Gasteiger partial charge in [0.1, 0.15) is 16.9 Å². The van der Waals surface area contributed by atoms with Crippen molar-refractivity contribution in [1.29, 1.82) is 0 Å². The molecule has 3 rings (SSSR count). The minimum atomic E-state index is -5.12. The van der Waals surface area contributed by atoms with Crippen LogP contribution in [0.1, 0.15) is 21.0 Å². The van der Waals surface area contributed by atoms with Crippen LogP contribution >= 0.6 is 0 Å². The molecule has 0 unspecified atom stereocenters. The Kier molecular flexibility index (Phi) is 4.81. The summed E-state index contributed by atoms with van der Waals surface area (Å²) in [5, 5.41) is 13.3. The van der Waals surface area contributed by atoms with E-state index in [0.29, 0.717) is 0 Å². The molecule has 10 nitrogen and oxygen atoms in total. The van der Waals surface area contributed by atoms with E-state index in [1.54, 1.807) is 5.32 Å². The fraction of sp³-hybridized carbons (Fsp3) is 0.312. The number of nitrogens with zero attached hydrogens (tertiary/aromatic N) is 3. The number of carbonyl (C=O) groups is 2. The summed E-state index contributed by atoms with van der Waals surface area (Å²) >= 11 is 0. The maximum Gasteiger partial charge on any atom is 0.341 e. The highest BCUT2D eigenvalue weighted by atomic mass is 32.2. The molecule has 30 heavy (non-hydrogen) atoms. The van der Waals surface area contributed by atoms with Crippen LogP contribution in [0.2, 0.25) is 0 Å². The molecule has 1 aliphatic carbocycles. The van der Waals surface area contributed by atoms with Crippen molar-refractivity contribution < 1.29 is 35.3 Å². The Balaban J connectivity index is 2.02. The van der Waals surface area contributed by atoms with Crippen molar-refractivity contribution in [3.63, 3.8) is 0 Å². The van der Waals surface area contributed by atoms with Crippen LogP contribution in [0, 0.1) is 5.92 Å². The number of pyridine rings is 1. The van der Waals surface area contributed by atoms with Gasteiger partial charge in [-0.05, 0) is 18.6 Å². The van der Waals surface area contributed by atoms with Gasteiger partial charge in [-0.2, -0.15) is 8.78 Å². The quantitative estimate of drug-likeness (QED) is 0.576. The second-order valence-electron chi connectivity index (χ2n) is 6.07. The molecule has 2 heterocycles. The van der Waals surface area contributed by atoms with Gasteiger partial charge >= 0.3 is 5.76 Å². The maximum atomic E-state index is 13.1. The van der Waals surface area contributed by atoms with E-state index in [1.807, 2.05) is 0 Å². The van der Waals surface area contributed by atoms with E-state index in [4.69, 9.17) is 4.11 Å². The second kappa shape index (κ2) is 8.22. The standard InChI is InChI=1S/C16H15F3N6O4S/c1-20-15(27)12-9(6-11(24-25-12)23-14(26)7-5-8(7)17)22-13-10(3-2-4-21-13)30(28,29)16(18)19/h2-4,6-8,16H,5H2,1H3,(H,20,27)(H2,21,22,23,24,26)/t7-,8-/m0/s1/i1D3. The maximum absolute atomic E-state index is 13.1. The van der Waals surface area contributed by atoms with Gasteiger partial charge in [0.2, 0.25) is 15.7 Å². The lowest BCUT2D eigenvalue weighted by atomic mass is 10.2. The summed E-state index contributed by atoms with van der Waals surface area (Å²) in [7, 11) is -5.12. The van der Waals surface area contributed by atoms with Gasteiger partial charge in [0, 0.05) is 23.4 Å². The topological polar surface area (TPSA) is 143 Å². The number of alkyl halides is 3. The van der Waals surface area contributed by atoms with Gasteiger partial charge in [-0.15, -0.1) is 10.2 Å². The van der Waals surface area contributed by atoms with Crippen molar-refractivity contribution in [3.05, 3.63) is 30.1 Å². The molecular weight excluding hydrogens is 429 g/mol. The van der Waals surface area contributed by atoms with E-state index >= 15 is 0 Å². The second-order valence-corrected chi connectivity index (χ2v) is 7.96. The smallest absolute Gasteiger partial charge is 0.341 e. The fourth-order valence-corrected chi connectivity index (χ4v) is 3.20. The van der Waals surface area contributed by atoms with Crippen LogP contribution in [0.4, 0.5) is 30.5 Å². The molecule has 0 aromatic carbocycles. The first-order chi connectivity index (χ1) is 15.3. The lowest BCUT2D eigenvalue weighted by Crippen LogP contribution is -2.23. The molecule has 1 fully saturated rings. The molecule has 2 aromatic heterocycles. The number of nitrogens with one attached hydrogen (secondary N) is 3. The van der Waals surface area contributed by atoms with Crippen LogP contribution in [0.25, 0.3) is 0 Å². The summed E-state index contributed by atoms with van der Waals surface area (Å²) < 4.78 is 84.6. The molecule has 2 atom stereocenters. The van der Waals surface area contributed by atoms with Gasteiger partial charge in [0.15, 0.2) is 11.5 Å². The Morgan fingerprint density at radius 1 is 1.33 bits per heavy atom. The average Bonchev–Trinajstić information content (AvgIpc) is 3.44. The number of carbonyl (C=O) groups excluding carboxylic acids is 2. The van der Waals surface area contributed by atoms with Gasteiger partial charge in [-0.3, -0.25) is 9.59 Å². The van der Waals surface area contributed by atoms with Crippen LogP contribution < -0.4 is 16.0 Å². The summed E-state index contributed by atoms with van der Waals surface area (Å²) in [6.45, 7) is -2.93. The first-order valence-corrected chi connectivity index (χ1v) is 9.73. The number of anilines is 3. The Hall–Kier alpha value is -3.29. The molecule has 160 valence electrons. The highest BCUT2D eigenvalue weighted by molar-refractivity contribution is 7.91. The molecule has 0 radical (unpaired) electrons. The zero-order valence-corrected chi connectivity index (χ0v) is 15.6. The highest BCUT2D eigenvalue weighted by Gasteiger charge is 2.43. The normalized spacial score (nSPS) is 19.9. The van der Waals surface area contributed by atoms with E-state index < -0.39 is 68.6 Å². The van der Waals surface area contributed by atoms with Gasteiger partial charge < -0.3 is 16.0 Å². The third-order valence-electron chi connectivity index (χ3n) is 3.99. The number of amides is 2. The third kappa shape index (κ3) is 4.32. The predicted molar refractivity (Wildman–Crippen MR) is 97.8 cm³/mol. The van der Waals surface area contributed by atoms with Gasteiger partial charge in [0.25, 0.3) is 5.91 Å². The van der Waals surface area contributed by atoms with Crippen LogP contribution in [-0.4, -0.2) is 54.3 Å². The molecule has 0 bridgehead atoms. The Labute approximate surface area is 172 Å². The lowest BCUT2D eigenvalue weighted by Gasteiger charge is -2.14. The average molecular weight is 447 g/mol. The minimum absolute atomic E-state index is 0.00617. The molecule has 2 amide bonds. The van der Waals surface area contributed by atoms with Crippen molar-refractivity contribution in [2.75, 3.05) is 17.6 Å². The Morgan fingerprint density at radius 3 is 2.70 bits per heavy atom. The first-order valence-electron chi connectivity index (χ1n) is 9.69. The van der Waals surface area contributed by atoms with Crippen molar-refractivity contribution >= 4 is 39.0 Å². The third-order valence-corrected chi connectivity index (χ3v) is 5.40. The van der Waals surface area contributed by atoms with Gasteiger partial charge in [-0.1, -0.05) is 0 Å². The molecular formula is C16H15F3N6O4S. The number of hydrogen-bond donors (Lipinski definition) is 3. The van der Waals surface area contributed by atoms with Crippen molar-refractivity contribution in [2.24, 2.45) is 5.92 Å². The van der Waals surface area contributed by atoms with E-state index in [9.17, 15) is 31.2 Å². The number of sulfone groups is 1. The van der Waals surface area contributed by atoms with Crippen LogP contribution in [0.5, 0.6) is 0 Å². The predicted octanol–water partition coefficient (Wildman–Crippen LogP) is 1.27. The molecule has 1 aliphatic rings. The largest absolute Gasteiger partial charge is 0.354 e.